The van der Waals surface area contributed by atoms with Crippen LogP contribution in [0.25, 0.3) is 11.1 Å². The highest BCUT2D eigenvalue weighted by atomic mass is 19.2. The molecule has 1 atom stereocenters. The fourth-order valence-corrected chi connectivity index (χ4v) is 2.67. The molecule has 29 heavy (non-hydrogen) atoms. The van der Waals surface area contributed by atoms with E-state index < -0.39 is 41.0 Å². The van der Waals surface area contributed by atoms with Crippen LogP contribution in [0.3, 0.4) is 0 Å². The van der Waals surface area contributed by atoms with E-state index in [2.05, 4.69) is 5.32 Å². The van der Waals surface area contributed by atoms with Gasteiger partial charge in [-0.3, -0.25) is 4.79 Å². The van der Waals surface area contributed by atoms with Gasteiger partial charge < -0.3 is 15.2 Å². The summed E-state index contributed by atoms with van der Waals surface area (Å²) in [6.07, 6.45) is 0.459. The van der Waals surface area contributed by atoms with Crippen LogP contribution in [0.1, 0.15) is 22.0 Å². The predicted molar refractivity (Wildman–Crippen MR) is 96.1 cm³/mol. The molecule has 0 aliphatic rings. The molecule has 148 valence electrons. The molecule has 0 spiro atoms. The Morgan fingerprint density at radius 1 is 0.862 bits per heavy atom. The van der Waals surface area contributed by atoms with E-state index >= 15 is 0 Å². The van der Waals surface area contributed by atoms with Crippen molar-refractivity contribution in [3.05, 3.63) is 89.0 Å². The van der Waals surface area contributed by atoms with Gasteiger partial charge in [0.2, 0.25) is 0 Å². The first-order chi connectivity index (χ1) is 13.8. The maximum absolute atomic E-state index is 13.4. The molecule has 3 aromatic carbocycles. The SMILES string of the molecule is O=CC(NC(=O)c1ccc(O)c(F)c1)c1ccc(-c2cc(F)c(F)c(F)c2)cc1. The molecule has 0 aliphatic carbocycles. The molecular formula is C21H13F4NO3. The van der Waals surface area contributed by atoms with E-state index in [-0.39, 0.29) is 11.1 Å². The summed E-state index contributed by atoms with van der Waals surface area (Å²) < 4.78 is 53.3. The van der Waals surface area contributed by atoms with Gasteiger partial charge in [0.15, 0.2) is 29.0 Å². The van der Waals surface area contributed by atoms with Crippen molar-refractivity contribution in [2.24, 2.45) is 0 Å². The van der Waals surface area contributed by atoms with Crippen LogP contribution in [0.5, 0.6) is 5.75 Å². The Labute approximate surface area is 162 Å². The third kappa shape index (κ3) is 4.26. The van der Waals surface area contributed by atoms with Crippen LogP contribution in [0.15, 0.2) is 54.6 Å². The fourth-order valence-electron chi connectivity index (χ4n) is 2.67. The Balaban J connectivity index is 1.81. The van der Waals surface area contributed by atoms with Gasteiger partial charge in [0, 0.05) is 5.56 Å². The van der Waals surface area contributed by atoms with E-state index in [1.54, 1.807) is 0 Å². The Morgan fingerprint density at radius 3 is 2.03 bits per heavy atom. The number of carbonyl (C=O) groups excluding carboxylic acids is 2. The number of aromatic hydroxyl groups is 1. The first-order valence-corrected chi connectivity index (χ1v) is 8.29. The lowest BCUT2D eigenvalue weighted by atomic mass is 10.0. The highest BCUT2D eigenvalue weighted by Gasteiger charge is 2.17. The average Bonchev–Trinajstić information content (AvgIpc) is 2.71. The third-order valence-electron chi connectivity index (χ3n) is 4.22. The van der Waals surface area contributed by atoms with Crippen molar-refractivity contribution >= 4 is 12.2 Å². The van der Waals surface area contributed by atoms with E-state index in [4.69, 9.17) is 0 Å². The fraction of sp³-hybridized carbons (Fsp3) is 0.0476. The molecule has 0 fully saturated rings. The molecule has 0 bridgehead atoms. The maximum Gasteiger partial charge on any atom is 0.252 e. The van der Waals surface area contributed by atoms with Crippen molar-refractivity contribution in [3.8, 4) is 16.9 Å². The standard InChI is InChI=1S/C21H13F4NO3/c22-15-7-13(5-6-19(15)28)21(29)26-18(10-27)12-3-1-11(2-4-12)14-8-16(23)20(25)17(24)9-14/h1-10,18,28H,(H,26,29). The van der Waals surface area contributed by atoms with Crippen molar-refractivity contribution in [2.45, 2.75) is 6.04 Å². The van der Waals surface area contributed by atoms with E-state index in [1.165, 1.54) is 30.3 Å². The van der Waals surface area contributed by atoms with Gasteiger partial charge in [0.1, 0.15) is 12.3 Å². The molecule has 3 rings (SSSR count). The highest BCUT2D eigenvalue weighted by molar-refractivity contribution is 5.96. The molecule has 0 heterocycles. The summed E-state index contributed by atoms with van der Waals surface area (Å²) in [5.41, 5.74) is 0.725. The minimum Gasteiger partial charge on any atom is -0.505 e. The van der Waals surface area contributed by atoms with Gasteiger partial charge in [0.05, 0.1) is 0 Å². The second kappa shape index (κ2) is 8.14. The van der Waals surface area contributed by atoms with Gasteiger partial charge in [-0.05, 0) is 47.0 Å². The predicted octanol–water partition coefficient (Wildman–Crippen LogP) is 4.29. The van der Waals surface area contributed by atoms with Crippen molar-refractivity contribution in [3.63, 3.8) is 0 Å². The van der Waals surface area contributed by atoms with Crippen LogP contribution in [-0.2, 0) is 4.79 Å². The number of rotatable bonds is 5. The lowest BCUT2D eigenvalue weighted by molar-refractivity contribution is -0.109. The average molecular weight is 403 g/mol. The van der Waals surface area contributed by atoms with Gasteiger partial charge in [-0.2, -0.15) is 0 Å². The molecule has 0 aromatic heterocycles. The maximum atomic E-state index is 13.4. The van der Waals surface area contributed by atoms with Crippen LogP contribution in [0.4, 0.5) is 17.6 Å². The highest BCUT2D eigenvalue weighted by Crippen LogP contribution is 2.25. The van der Waals surface area contributed by atoms with Crippen LogP contribution in [-0.4, -0.2) is 17.3 Å². The van der Waals surface area contributed by atoms with E-state index in [0.717, 1.165) is 24.3 Å². The summed E-state index contributed by atoms with van der Waals surface area (Å²) in [5.74, 6) is -6.57. The Bertz CT molecular complexity index is 1060. The number of benzene rings is 3. The number of aldehydes is 1. The second-order valence-electron chi connectivity index (χ2n) is 6.13. The summed E-state index contributed by atoms with van der Waals surface area (Å²) in [6, 6.07) is 9.43. The molecule has 1 unspecified atom stereocenters. The molecule has 0 saturated heterocycles. The number of hydrogen-bond donors (Lipinski definition) is 2. The number of amides is 1. The van der Waals surface area contributed by atoms with Gasteiger partial charge in [0.25, 0.3) is 5.91 Å². The Kier molecular flexibility index (Phi) is 5.63. The smallest absolute Gasteiger partial charge is 0.252 e. The van der Waals surface area contributed by atoms with E-state index in [1.807, 2.05) is 0 Å². The number of nitrogens with one attached hydrogen (secondary N) is 1. The molecule has 4 nitrogen and oxygen atoms in total. The molecule has 0 saturated carbocycles. The minimum absolute atomic E-state index is 0.0963. The van der Waals surface area contributed by atoms with Crippen molar-refractivity contribution < 1.29 is 32.3 Å². The Hall–Kier alpha value is -3.68. The van der Waals surface area contributed by atoms with Gasteiger partial charge in [-0.25, -0.2) is 17.6 Å². The van der Waals surface area contributed by atoms with Crippen molar-refractivity contribution in [2.75, 3.05) is 0 Å². The number of phenols is 1. The zero-order valence-corrected chi connectivity index (χ0v) is 14.6. The van der Waals surface area contributed by atoms with Gasteiger partial charge >= 0.3 is 0 Å². The monoisotopic (exact) mass is 403 g/mol. The van der Waals surface area contributed by atoms with Crippen LogP contribution in [0.2, 0.25) is 0 Å². The lowest BCUT2D eigenvalue weighted by Crippen LogP contribution is -2.29. The van der Waals surface area contributed by atoms with Gasteiger partial charge in [-0.1, -0.05) is 24.3 Å². The number of carbonyl (C=O) groups is 2. The number of phenolic OH excluding ortho intramolecular Hbond substituents is 1. The molecular weight excluding hydrogens is 390 g/mol. The zero-order chi connectivity index (χ0) is 21.1. The first-order valence-electron chi connectivity index (χ1n) is 8.29. The quantitative estimate of drug-likeness (QED) is 0.380. The van der Waals surface area contributed by atoms with Crippen LogP contribution in [0, 0.1) is 23.3 Å². The second-order valence-corrected chi connectivity index (χ2v) is 6.13. The molecule has 2 N–H and O–H groups in total. The summed E-state index contributed by atoms with van der Waals surface area (Å²) >= 11 is 0. The Morgan fingerprint density at radius 2 is 1.48 bits per heavy atom. The summed E-state index contributed by atoms with van der Waals surface area (Å²) in [7, 11) is 0. The normalized spacial score (nSPS) is 11.7. The summed E-state index contributed by atoms with van der Waals surface area (Å²) in [6.45, 7) is 0. The van der Waals surface area contributed by atoms with Crippen molar-refractivity contribution in [1.29, 1.82) is 0 Å². The zero-order valence-electron chi connectivity index (χ0n) is 14.6. The van der Waals surface area contributed by atoms with E-state index in [0.29, 0.717) is 17.4 Å². The van der Waals surface area contributed by atoms with Crippen LogP contribution < -0.4 is 5.32 Å². The number of halogens is 4. The summed E-state index contributed by atoms with van der Waals surface area (Å²) in [4.78, 5) is 23.6. The molecule has 3 aromatic rings. The summed E-state index contributed by atoms with van der Waals surface area (Å²) in [5, 5.41) is 11.6. The number of hydrogen-bond acceptors (Lipinski definition) is 3. The molecule has 0 aliphatic heterocycles. The van der Waals surface area contributed by atoms with Crippen LogP contribution >= 0.6 is 0 Å². The third-order valence-corrected chi connectivity index (χ3v) is 4.22. The lowest BCUT2D eigenvalue weighted by Gasteiger charge is -2.14. The van der Waals surface area contributed by atoms with E-state index in [9.17, 15) is 32.3 Å². The topological polar surface area (TPSA) is 66.4 Å². The molecule has 0 radical (unpaired) electrons. The minimum atomic E-state index is -1.57. The van der Waals surface area contributed by atoms with Crippen molar-refractivity contribution in [1.82, 2.24) is 5.32 Å². The largest absolute Gasteiger partial charge is 0.505 e. The first kappa shape index (κ1) is 20.1. The molecule has 1 amide bonds. The van der Waals surface area contributed by atoms with Gasteiger partial charge in [-0.15, -0.1) is 0 Å². The molecule has 8 heteroatoms.